The molecule has 0 saturated heterocycles. The fraction of sp³-hybridized carbons (Fsp3) is 0.261. The fourth-order valence-corrected chi connectivity index (χ4v) is 3.47. The number of hydrogen-bond donors (Lipinski definition) is 2. The third-order valence-corrected chi connectivity index (χ3v) is 4.95. The number of nitrogens with zero attached hydrogens (tertiary/aromatic N) is 4. The van der Waals surface area contributed by atoms with E-state index in [1.165, 1.54) is 5.56 Å². The Morgan fingerprint density at radius 2 is 1.87 bits per heavy atom. The average molecular weight is 403 g/mol. The van der Waals surface area contributed by atoms with Crippen LogP contribution in [0.3, 0.4) is 0 Å². The van der Waals surface area contributed by atoms with Gasteiger partial charge in [-0.25, -0.2) is 9.97 Å². The van der Waals surface area contributed by atoms with Crippen LogP contribution in [0.15, 0.2) is 55.0 Å². The number of fused-ring (bicyclic) bond motifs is 1. The van der Waals surface area contributed by atoms with E-state index in [0.717, 1.165) is 35.5 Å². The van der Waals surface area contributed by atoms with Gasteiger partial charge in [0.05, 0.1) is 24.5 Å². The summed E-state index contributed by atoms with van der Waals surface area (Å²) in [5.74, 6) is 0.590. The molecule has 1 aliphatic rings. The molecule has 154 valence electrons. The van der Waals surface area contributed by atoms with Crippen molar-refractivity contribution in [2.45, 2.75) is 39.8 Å². The summed E-state index contributed by atoms with van der Waals surface area (Å²) in [5, 5.41) is 7.21. The lowest BCUT2D eigenvalue weighted by Gasteiger charge is -2.15. The molecule has 3 heterocycles. The number of aryl methyl sites for hydroxylation is 1. The summed E-state index contributed by atoms with van der Waals surface area (Å²) in [4.78, 5) is 27.4. The van der Waals surface area contributed by atoms with Crippen molar-refractivity contribution in [3.05, 3.63) is 71.8 Å². The van der Waals surface area contributed by atoms with Crippen LogP contribution in [0.2, 0.25) is 0 Å². The van der Waals surface area contributed by atoms with E-state index in [9.17, 15) is 4.79 Å². The standard InChI is InChI=1S/C22H22N6O.CH4/c23-21(24)10-19(29)7-6-15-3-1-4-16(9-15)18-11-26-22(27-12-18)28-13-17-5-2-8-25-20(17)14-28;/h1-5,8-9,11-12H,6-7,10,13-14H2,(H3,23,24);1H4. The summed E-state index contributed by atoms with van der Waals surface area (Å²) in [6, 6.07) is 12.1. The van der Waals surface area contributed by atoms with Gasteiger partial charge in [-0.15, -0.1) is 0 Å². The van der Waals surface area contributed by atoms with Crippen LogP contribution < -0.4 is 10.6 Å². The number of nitrogens with one attached hydrogen (secondary N) is 1. The first-order chi connectivity index (χ1) is 14.1. The Morgan fingerprint density at radius 3 is 2.60 bits per heavy atom. The van der Waals surface area contributed by atoms with Crippen LogP contribution in [0.1, 0.15) is 37.1 Å². The van der Waals surface area contributed by atoms with Crippen LogP contribution in [0, 0.1) is 5.41 Å². The molecule has 1 aromatic carbocycles. The number of hydrogen-bond acceptors (Lipinski definition) is 6. The number of pyridine rings is 1. The van der Waals surface area contributed by atoms with Gasteiger partial charge in [-0.3, -0.25) is 15.2 Å². The summed E-state index contributed by atoms with van der Waals surface area (Å²) in [5.41, 5.74) is 10.6. The molecule has 3 aromatic rings. The van der Waals surface area contributed by atoms with Gasteiger partial charge in [0.15, 0.2) is 0 Å². The zero-order chi connectivity index (χ0) is 20.2. The first kappa shape index (κ1) is 21.1. The zero-order valence-electron chi connectivity index (χ0n) is 16.0. The average Bonchev–Trinajstić information content (AvgIpc) is 3.16. The third kappa shape index (κ3) is 4.86. The first-order valence-corrected chi connectivity index (χ1v) is 9.52. The van der Waals surface area contributed by atoms with E-state index in [0.29, 0.717) is 18.8 Å². The van der Waals surface area contributed by atoms with E-state index < -0.39 is 0 Å². The highest BCUT2D eigenvalue weighted by Crippen LogP contribution is 2.26. The van der Waals surface area contributed by atoms with Crippen molar-refractivity contribution in [2.75, 3.05) is 4.90 Å². The van der Waals surface area contributed by atoms with Gasteiger partial charge in [-0.1, -0.05) is 37.8 Å². The van der Waals surface area contributed by atoms with Crippen LogP contribution in [0.4, 0.5) is 5.95 Å². The summed E-state index contributed by atoms with van der Waals surface area (Å²) in [7, 11) is 0. The van der Waals surface area contributed by atoms with Gasteiger partial charge in [0.25, 0.3) is 0 Å². The van der Waals surface area contributed by atoms with Gasteiger partial charge < -0.3 is 10.6 Å². The van der Waals surface area contributed by atoms with E-state index in [4.69, 9.17) is 11.1 Å². The number of rotatable bonds is 7. The van der Waals surface area contributed by atoms with Crippen LogP contribution in [-0.4, -0.2) is 26.6 Å². The second kappa shape index (κ2) is 9.26. The van der Waals surface area contributed by atoms with E-state index in [1.807, 2.05) is 42.9 Å². The molecule has 4 rings (SSSR count). The van der Waals surface area contributed by atoms with Crippen molar-refractivity contribution in [2.24, 2.45) is 5.73 Å². The Kier molecular flexibility index (Phi) is 6.51. The highest BCUT2D eigenvalue weighted by molar-refractivity contribution is 5.98. The van der Waals surface area contributed by atoms with Crippen molar-refractivity contribution < 1.29 is 4.79 Å². The maximum absolute atomic E-state index is 11.8. The van der Waals surface area contributed by atoms with Gasteiger partial charge in [-0.05, 0) is 29.2 Å². The van der Waals surface area contributed by atoms with Gasteiger partial charge in [0.1, 0.15) is 5.78 Å². The van der Waals surface area contributed by atoms with Crippen LogP contribution in [0.25, 0.3) is 11.1 Å². The van der Waals surface area contributed by atoms with Crippen LogP contribution >= 0.6 is 0 Å². The maximum atomic E-state index is 11.8. The van der Waals surface area contributed by atoms with Crippen molar-refractivity contribution in [3.8, 4) is 11.1 Å². The van der Waals surface area contributed by atoms with Gasteiger partial charge in [0.2, 0.25) is 5.95 Å². The lowest BCUT2D eigenvalue weighted by atomic mass is 10.0. The number of Topliss-reactive ketones (excluding diaryl/α,β-unsaturated/α-hetero) is 1. The Hall–Kier alpha value is -3.61. The van der Waals surface area contributed by atoms with Crippen molar-refractivity contribution in [3.63, 3.8) is 0 Å². The molecule has 0 amide bonds. The lowest BCUT2D eigenvalue weighted by molar-refractivity contribution is -0.117. The molecule has 0 unspecified atom stereocenters. The minimum atomic E-state index is -0.0853. The molecule has 0 spiro atoms. The van der Waals surface area contributed by atoms with Crippen LogP contribution in [-0.2, 0) is 24.3 Å². The second-order valence-corrected chi connectivity index (χ2v) is 7.18. The number of nitrogens with two attached hydrogens (primary N) is 1. The Labute approximate surface area is 176 Å². The predicted molar refractivity (Wildman–Crippen MR) is 118 cm³/mol. The molecule has 3 N–H and O–H groups in total. The molecular weight excluding hydrogens is 376 g/mol. The topological polar surface area (TPSA) is 109 Å². The molecule has 0 fully saturated rings. The lowest BCUT2D eigenvalue weighted by Crippen LogP contribution is -2.17. The first-order valence-electron chi connectivity index (χ1n) is 9.52. The molecule has 0 radical (unpaired) electrons. The van der Waals surface area contributed by atoms with Gasteiger partial charge in [0, 0.05) is 37.1 Å². The monoisotopic (exact) mass is 402 g/mol. The zero-order valence-corrected chi connectivity index (χ0v) is 16.0. The molecular formula is C23H26N6O. The second-order valence-electron chi connectivity index (χ2n) is 7.18. The van der Waals surface area contributed by atoms with E-state index in [1.54, 1.807) is 0 Å². The summed E-state index contributed by atoms with van der Waals surface area (Å²) in [6.45, 7) is 1.49. The summed E-state index contributed by atoms with van der Waals surface area (Å²) >= 11 is 0. The van der Waals surface area contributed by atoms with E-state index in [2.05, 4.69) is 32.0 Å². The highest BCUT2D eigenvalue weighted by Gasteiger charge is 2.21. The quantitative estimate of drug-likeness (QED) is 0.462. The minimum absolute atomic E-state index is 0. The van der Waals surface area contributed by atoms with Crippen molar-refractivity contribution in [1.82, 2.24) is 15.0 Å². The predicted octanol–water partition coefficient (Wildman–Crippen LogP) is 3.52. The molecule has 0 bridgehead atoms. The number of ketones is 1. The van der Waals surface area contributed by atoms with Crippen LogP contribution in [0.5, 0.6) is 0 Å². The molecule has 0 aliphatic carbocycles. The fourth-order valence-electron chi connectivity index (χ4n) is 3.47. The molecule has 0 saturated carbocycles. The molecule has 2 aromatic heterocycles. The Bertz CT molecular complexity index is 1020. The number of carbonyl (C=O) groups excluding carboxylic acids is 1. The molecule has 7 nitrogen and oxygen atoms in total. The van der Waals surface area contributed by atoms with E-state index >= 15 is 0 Å². The third-order valence-electron chi connectivity index (χ3n) is 4.95. The SMILES string of the molecule is C.N=C(N)CC(=O)CCc1cccc(-c2cnc(N3Cc4cccnc4C3)nc2)c1. The van der Waals surface area contributed by atoms with Gasteiger partial charge >= 0.3 is 0 Å². The maximum Gasteiger partial charge on any atom is 0.225 e. The normalized spacial score (nSPS) is 12.2. The number of aromatic nitrogens is 3. The molecule has 30 heavy (non-hydrogen) atoms. The van der Waals surface area contributed by atoms with Crippen molar-refractivity contribution >= 4 is 17.6 Å². The molecule has 0 atom stereocenters. The number of carbonyl (C=O) groups is 1. The minimum Gasteiger partial charge on any atom is -0.387 e. The van der Waals surface area contributed by atoms with Crippen molar-refractivity contribution in [1.29, 1.82) is 5.41 Å². The summed E-state index contributed by atoms with van der Waals surface area (Å²) in [6.07, 6.45) is 6.50. The number of anilines is 1. The van der Waals surface area contributed by atoms with Gasteiger partial charge in [-0.2, -0.15) is 0 Å². The summed E-state index contributed by atoms with van der Waals surface area (Å²) < 4.78 is 0. The van der Waals surface area contributed by atoms with E-state index in [-0.39, 0.29) is 25.5 Å². The smallest absolute Gasteiger partial charge is 0.225 e. The molecule has 1 aliphatic heterocycles. The number of benzene rings is 1. The Morgan fingerprint density at radius 1 is 1.07 bits per heavy atom. The largest absolute Gasteiger partial charge is 0.387 e. The highest BCUT2D eigenvalue weighted by atomic mass is 16.1. The number of amidine groups is 1. The molecule has 7 heteroatoms. The Balaban J connectivity index is 0.00000256.